The van der Waals surface area contributed by atoms with E-state index in [0.29, 0.717) is 18.9 Å². The first-order valence-electron chi connectivity index (χ1n) is 5.27. The normalized spacial score (nSPS) is 12.1. The molecular weight excluding hydrogens is 188 g/mol. The molecule has 0 saturated heterocycles. The van der Waals surface area contributed by atoms with Crippen LogP contribution < -0.4 is 11.1 Å². The average molecular weight is 206 g/mol. The predicted octanol–water partition coefficient (Wildman–Crippen LogP) is 2.00. The maximum absolute atomic E-state index is 11.5. The maximum atomic E-state index is 11.5. The van der Waals surface area contributed by atoms with Crippen LogP contribution in [0, 0.1) is 5.92 Å². The Morgan fingerprint density at radius 3 is 2.67 bits per heavy atom. The van der Waals surface area contributed by atoms with Gasteiger partial charge in [-0.1, -0.05) is 25.1 Å². The molecule has 3 heteroatoms. The van der Waals surface area contributed by atoms with Gasteiger partial charge < -0.3 is 11.1 Å². The molecule has 0 spiro atoms. The summed E-state index contributed by atoms with van der Waals surface area (Å²) in [4.78, 5) is 11.5. The van der Waals surface area contributed by atoms with Crippen LogP contribution >= 0.6 is 0 Å². The fourth-order valence-corrected chi connectivity index (χ4v) is 1.24. The van der Waals surface area contributed by atoms with E-state index < -0.39 is 0 Å². The zero-order valence-corrected chi connectivity index (χ0v) is 9.07. The third kappa shape index (κ3) is 4.61. The van der Waals surface area contributed by atoms with Crippen LogP contribution in [0.5, 0.6) is 0 Å². The summed E-state index contributed by atoms with van der Waals surface area (Å²) in [6.45, 7) is 2.69. The first-order valence-corrected chi connectivity index (χ1v) is 5.27. The first kappa shape index (κ1) is 11.7. The number of hydrogen-bond donors (Lipinski definition) is 2. The fourth-order valence-electron chi connectivity index (χ4n) is 1.24. The molecule has 0 aliphatic heterocycles. The van der Waals surface area contributed by atoms with Gasteiger partial charge in [-0.25, -0.2) is 0 Å². The van der Waals surface area contributed by atoms with Crippen molar-refractivity contribution in [3.63, 3.8) is 0 Å². The second kappa shape index (κ2) is 6.19. The number of carbonyl (C=O) groups is 1. The number of amides is 1. The fraction of sp³-hybridized carbons (Fsp3) is 0.417. The van der Waals surface area contributed by atoms with Crippen LogP contribution in [0.2, 0.25) is 0 Å². The van der Waals surface area contributed by atoms with Crippen molar-refractivity contribution in [1.82, 2.24) is 0 Å². The molecule has 0 fully saturated rings. The zero-order chi connectivity index (χ0) is 11.1. The molecule has 3 nitrogen and oxygen atoms in total. The van der Waals surface area contributed by atoms with E-state index >= 15 is 0 Å². The van der Waals surface area contributed by atoms with Gasteiger partial charge in [-0.3, -0.25) is 4.79 Å². The molecule has 0 aliphatic carbocycles. The summed E-state index contributed by atoms with van der Waals surface area (Å²) in [5.74, 6) is 0.466. The molecule has 0 radical (unpaired) electrons. The van der Waals surface area contributed by atoms with Crippen molar-refractivity contribution in [3.8, 4) is 0 Å². The smallest absolute Gasteiger partial charge is 0.224 e. The van der Waals surface area contributed by atoms with Crippen molar-refractivity contribution in [1.29, 1.82) is 0 Å². The number of nitrogens with one attached hydrogen (secondary N) is 1. The second-order valence-corrected chi connectivity index (χ2v) is 3.79. The Balaban J connectivity index is 2.31. The molecule has 0 aliphatic rings. The van der Waals surface area contributed by atoms with Crippen LogP contribution in [-0.4, -0.2) is 12.5 Å². The molecule has 1 aromatic carbocycles. The molecule has 0 bridgehead atoms. The molecular formula is C12H18N2O. The quantitative estimate of drug-likeness (QED) is 0.774. The van der Waals surface area contributed by atoms with Crippen molar-refractivity contribution in [2.75, 3.05) is 11.9 Å². The van der Waals surface area contributed by atoms with Gasteiger partial charge in [0.1, 0.15) is 0 Å². The van der Waals surface area contributed by atoms with E-state index in [4.69, 9.17) is 5.73 Å². The lowest BCUT2D eigenvalue weighted by Crippen LogP contribution is -2.16. The molecule has 1 unspecified atom stereocenters. The van der Waals surface area contributed by atoms with Crippen molar-refractivity contribution >= 4 is 11.6 Å². The zero-order valence-electron chi connectivity index (χ0n) is 9.07. The Morgan fingerprint density at radius 2 is 2.07 bits per heavy atom. The van der Waals surface area contributed by atoms with Crippen molar-refractivity contribution < 1.29 is 4.79 Å². The van der Waals surface area contributed by atoms with Crippen molar-refractivity contribution in [2.45, 2.75) is 19.8 Å². The van der Waals surface area contributed by atoms with Gasteiger partial charge in [-0.2, -0.15) is 0 Å². The minimum absolute atomic E-state index is 0.0569. The van der Waals surface area contributed by atoms with Gasteiger partial charge in [-0.05, 0) is 31.0 Å². The van der Waals surface area contributed by atoms with Gasteiger partial charge in [-0.15, -0.1) is 0 Å². The van der Waals surface area contributed by atoms with E-state index in [2.05, 4.69) is 12.2 Å². The average Bonchev–Trinajstić information content (AvgIpc) is 2.27. The van der Waals surface area contributed by atoms with Gasteiger partial charge in [0.25, 0.3) is 0 Å². The number of para-hydroxylation sites is 1. The minimum Gasteiger partial charge on any atom is -0.330 e. The van der Waals surface area contributed by atoms with Gasteiger partial charge in [0.05, 0.1) is 0 Å². The highest BCUT2D eigenvalue weighted by Gasteiger charge is 2.05. The molecule has 0 saturated carbocycles. The molecule has 1 aromatic rings. The third-order valence-electron chi connectivity index (χ3n) is 2.32. The second-order valence-electron chi connectivity index (χ2n) is 3.79. The Morgan fingerprint density at radius 1 is 1.40 bits per heavy atom. The first-order chi connectivity index (χ1) is 7.22. The SMILES string of the molecule is CC(CN)CCC(=O)Nc1ccccc1. The van der Waals surface area contributed by atoms with E-state index in [1.54, 1.807) is 0 Å². The molecule has 1 atom stereocenters. The van der Waals surface area contributed by atoms with Crippen LogP contribution in [0.4, 0.5) is 5.69 Å². The van der Waals surface area contributed by atoms with E-state index in [1.165, 1.54) is 0 Å². The number of anilines is 1. The summed E-state index contributed by atoms with van der Waals surface area (Å²) in [7, 11) is 0. The maximum Gasteiger partial charge on any atom is 0.224 e. The minimum atomic E-state index is 0.0569. The lowest BCUT2D eigenvalue weighted by atomic mass is 10.1. The molecule has 3 N–H and O–H groups in total. The summed E-state index contributed by atoms with van der Waals surface area (Å²) in [5, 5.41) is 2.84. The summed E-state index contributed by atoms with van der Waals surface area (Å²) in [5.41, 5.74) is 6.33. The van der Waals surface area contributed by atoms with E-state index in [1.807, 2.05) is 30.3 Å². The largest absolute Gasteiger partial charge is 0.330 e. The monoisotopic (exact) mass is 206 g/mol. The van der Waals surface area contributed by atoms with E-state index in [9.17, 15) is 4.79 Å². The standard InChI is InChI=1S/C12H18N2O/c1-10(9-13)7-8-12(15)14-11-5-3-2-4-6-11/h2-6,10H,7-9,13H2,1H3,(H,14,15). The summed E-state index contributed by atoms with van der Waals surface area (Å²) < 4.78 is 0. The summed E-state index contributed by atoms with van der Waals surface area (Å²) in [6, 6.07) is 9.48. The van der Waals surface area contributed by atoms with Crippen LogP contribution in [0.25, 0.3) is 0 Å². The van der Waals surface area contributed by atoms with Crippen LogP contribution in [0.3, 0.4) is 0 Å². The Labute approximate surface area is 90.7 Å². The number of benzene rings is 1. The highest BCUT2D eigenvalue weighted by molar-refractivity contribution is 5.90. The molecule has 1 rings (SSSR count). The molecule has 15 heavy (non-hydrogen) atoms. The third-order valence-corrected chi connectivity index (χ3v) is 2.32. The number of carbonyl (C=O) groups excluding carboxylic acids is 1. The molecule has 82 valence electrons. The van der Waals surface area contributed by atoms with Crippen molar-refractivity contribution in [2.24, 2.45) is 11.7 Å². The predicted molar refractivity (Wildman–Crippen MR) is 62.5 cm³/mol. The van der Waals surface area contributed by atoms with Crippen LogP contribution in [0.15, 0.2) is 30.3 Å². The summed E-state index contributed by atoms with van der Waals surface area (Å²) >= 11 is 0. The number of nitrogens with two attached hydrogens (primary N) is 1. The molecule has 0 aromatic heterocycles. The number of hydrogen-bond acceptors (Lipinski definition) is 2. The lowest BCUT2D eigenvalue weighted by Gasteiger charge is -2.08. The van der Waals surface area contributed by atoms with Crippen LogP contribution in [-0.2, 0) is 4.79 Å². The Kier molecular flexibility index (Phi) is 4.84. The van der Waals surface area contributed by atoms with E-state index in [-0.39, 0.29) is 5.91 Å². The lowest BCUT2D eigenvalue weighted by molar-refractivity contribution is -0.116. The van der Waals surface area contributed by atoms with Crippen LogP contribution in [0.1, 0.15) is 19.8 Å². The molecule has 1 amide bonds. The highest BCUT2D eigenvalue weighted by atomic mass is 16.1. The van der Waals surface area contributed by atoms with Gasteiger partial charge in [0.2, 0.25) is 5.91 Å². The van der Waals surface area contributed by atoms with Gasteiger partial charge in [0, 0.05) is 12.1 Å². The number of rotatable bonds is 5. The van der Waals surface area contributed by atoms with Gasteiger partial charge >= 0.3 is 0 Å². The highest BCUT2D eigenvalue weighted by Crippen LogP contribution is 2.08. The van der Waals surface area contributed by atoms with E-state index in [0.717, 1.165) is 12.1 Å². The summed E-state index contributed by atoms with van der Waals surface area (Å²) in [6.07, 6.45) is 1.38. The van der Waals surface area contributed by atoms with Gasteiger partial charge in [0.15, 0.2) is 0 Å². The Bertz CT molecular complexity index is 298. The topological polar surface area (TPSA) is 55.1 Å². The Hall–Kier alpha value is -1.35. The van der Waals surface area contributed by atoms with Crippen molar-refractivity contribution in [3.05, 3.63) is 30.3 Å². The molecule has 0 heterocycles.